The van der Waals surface area contributed by atoms with E-state index < -0.39 is 11.8 Å². The van der Waals surface area contributed by atoms with Gasteiger partial charge in [0, 0.05) is 7.11 Å². The average molecular weight is 322 g/mol. The van der Waals surface area contributed by atoms with Crippen LogP contribution in [0.3, 0.4) is 0 Å². The van der Waals surface area contributed by atoms with E-state index in [1.165, 1.54) is 19.3 Å². The summed E-state index contributed by atoms with van der Waals surface area (Å²) in [4.78, 5) is 10.2. The van der Waals surface area contributed by atoms with Crippen molar-refractivity contribution in [3.05, 3.63) is 35.9 Å². The Morgan fingerprint density at radius 3 is 2.35 bits per heavy atom. The second-order valence-corrected chi connectivity index (χ2v) is 6.46. The third-order valence-electron chi connectivity index (χ3n) is 4.19. The first-order valence-electron chi connectivity index (χ1n) is 8.06. The van der Waals surface area contributed by atoms with Gasteiger partial charge in [0.05, 0.1) is 18.3 Å². The molecule has 2 aliphatic rings. The fourth-order valence-corrected chi connectivity index (χ4v) is 2.91. The first-order valence-corrected chi connectivity index (χ1v) is 8.06. The van der Waals surface area contributed by atoms with E-state index in [1.54, 1.807) is 37.4 Å². The number of methoxy groups -OCH3 is 1. The zero-order valence-electron chi connectivity index (χ0n) is 14.0. The minimum absolute atomic E-state index is 0.125. The van der Waals surface area contributed by atoms with Crippen LogP contribution in [0.25, 0.3) is 0 Å². The number of ether oxygens (including phenoxy) is 3. The van der Waals surface area contributed by atoms with Crippen molar-refractivity contribution in [1.82, 2.24) is 0 Å². The summed E-state index contributed by atoms with van der Waals surface area (Å²) in [5.41, 5.74) is 0.331. The van der Waals surface area contributed by atoms with Gasteiger partial charge in [-0.2, -0.15) is 0 Å². The van der Waals surface area contributed by atoms with Crippen molar-refractivity contribution in [2.24, 2.45) is 5.92 Å². The van der Waals surface area contributed by atoms with Gasteiger partial charge in [0.2, 0.25) is 0 Å². The maximum atomic E-state index is 10.2. The maximum absolute atomic E-state index is 10.2. The quantitative estimate of drug-likeness (QED) is 0.921. The van der Waals surface area contributed by atoms with Gasteiger partial charge >= 0.3 is 5.97 Å². The smallest absolute Gasteiger partial charge is 0.335 e. The molecule has 1 aromatic carbocycles. The first-order chi connectivity index (χ1) is 10.9. The van der Waals surface area contributed by atoms with Crippen LogP contribution in [-0.2, 0) is 14.2 Å². The van der Waals surface area contributed by atoms with Crippen LogP contribution in [0, 0.1) is 5.92 Å². The average Bonchev–Trinajstić information content (AvgIpc) is 2.74. The van der Waals surface area contributed by atoms with Gasteiger partial charge in [0.25, 0.3) is 0 Å². The van der Waals surface area contributed by atoms with Crippen molar-refractivity contribution in [2.45, 2.75) is 51.1 Å². The zero-order valence-corrected chi connectivity index (χ0v) is 14.0. The number of rotatable bonds is 4. The Morgan fingerprint density at radius 2 is 1.91 bits per heavy atom. The third kappa shape index (κ3) is 5.03. The van der Waals surface area contributed by atoms with Gasteiger partial charge in [-0.1, -0.05) is 24.6 Å². The molecule has 0 aromatic heterocycles. The van der Waals surface area contributed by atoms with Crippen LogP contribution in [0.2, 0.25) is 0 Å². The number of aromatic carboxylic acids is 1. The molecule has 128 valence electrons. The molecule has 1 N–H and O–H groups in total. The van der Waals surface area contributed by atoms with Crippen LogP contribution in [0.15, 0.2) is 30.3 Å². The van der Waals surface area contributed by atoms with E-state index in [9.17, 15) is 4.79 Å². The highest BCUT2D eigenvalue weighted by molar-refractivity contribution is 5.87. The predicted molar refractivity (Wildman–Crippen MR) is 86.4 cm³/mol. The normalized spacial score (nSPS) is 26.0. The summed E-state index contributed by atoms with van der Waals surface area (Å²) >= 11 is 0. The molecule has 0 amide bonds. The lowest BCUT2D eigenvalue weighted by Gasteiger charge is -2.32. The summed E-state index contributed by atoms with van der Waals surface area (Å²) in [6.45, 7) is 4.60. The van der Waals surface area contributed by atoms with Gasteiger partial charge < -0.3 is 19.3 Å². The van der Waals surface area contributed by atoms with Crippen LogP contribution < -0.4 is 0 Å². The fourth-order valence-electron chi connectivity index (χ4n) is 2.91. The molecule has 0 spiro atoms. The summed E-state index contributed by atoms with van der Waals surface area (Å²) < 4.78 is 16.9. The molecule has 2 atom stereocenters. The summed E-state index contributed by atoms with van der Waals surface area (Å²) in [6, 6.07) is 8.30. The van der Waals surface area contributed by atoms with E-state index in [0.717, 1.165) is 0 Å². The van der Waals surface area contributed by atoms with E-state index >= 15 is 0 Å². The van der Waals surface area contributed by atoms with E-state index in [2.05, 4.69) is 0 Å². The molecular formula is C18H26O5. The Bertz CT molecular complexity index is 495. The Balaban J connectivity index is 0.000000185. The van der Waals surface area contributed by atoms with E-state index in [4.69, 9.17) is 19.3 Å². The van der Waals surface area contributed by atoms with Crippen LogP contribution in [0.5, 0.6) is 0 Å². The summed E-state index contributed by atoms with van der Waals surface area (Å²) in [5.74, 6) is -0.615. The second kappa shape index (κ2) is 7.90. The van der Waals surface area contributed by atoms with Crippen LogP contribution in [-0.4, -0.2) is 42.8 Å². The predicted octanol–water partition coefficient (Wildman–Crippen LogP) is 3.34. The standard InChI is InChI=1S/C11H20O3.C7H6O2/c1-11(2)13-9(7-12-3)10(14-11)8-5-4-6-8;8-7(9)6-4-2-1-3-5-6/h8-10H,4-7H2,1-3H3;1-5H,(H,8,9)/t9-,10?;/m1./s1. The Labute approximate surface area is 137 Å². The highest BCUT2D eigenvalue weighted by Crippen LogP contribution is 2.40. The Morgan fingerprint density at radius 1 is 1.26 bits per heavy atom. The van der Waals surface area contributed by atoms with Crippen LogP contribution in [0.1, 0.15) is 43.5 Å². The van der Waals surface area contributed by atoms with E-state index in [-0.39, 0.29) is 12.2 Å². The summed E-state index contributed by atoms with van der Waals surface area (Å²) in [5, 5.41) is 8.38. The molecular weight excluding hydrogens is 296 g/mol. The number of hydrogen-bond donors (Lipinski definition) is 1. The lowest BCUT2D eigenvalue weighted by molar-refractivity contribution is -0.155. The Kier molecular flexibility index (Phi) is 6.16. The molecule has 1 unspecified atom stereocenters. The number of hydrogen-bond acceptors (Lipinski definition) is 4. The molecule has 1 aromatic rings. The minimum atomic E-state index is -0.879. The Hall–Kier alpha value is -1.43. The number of carboxylic acid groups (broad SMARTS) is 1. The minimum Gasteiger partial charge on any atom is -0.478 e. The number of carbonyl (C=O) groups is 1. The zero-order chi connectivity index (χ0) is 16.9. The van der Waals surface area contributed by atoms with Crippen LogP contribution >= 0.6 is 0 Å². The van der Waals surface area contributed by atoms with Crippen molar-refractivity contribution in [2.75, 3.05) is 13.7 Å². The van der Waals surface area contributed by atoms with E-state index in [1.807, 2.05) is 13.8 Å². The molecule has 1 heterocycles. The largest absolute Gasteiger partial charge is 0.478 e. The molecule has 0 radical (unpaired) electrons. The molecule has 5 heteroatoms. The van der Waals surface area contributed by atoms with Gasteiger partial charge in [0.1, 0.15) is 6.10 Å². The van der Waals surface area contributed by atoms with Gasteiger partial charge in [-0.05, 0) is 44.7 Å². The summed E-state index contributed by atoms with van der Waals surface area (Å²) in [7, 11) is 1.71. The lowest BCUT2D eigenvalue weighted by atomic mass is 9.79. The van der Waals surface area contributed by atoms with E-state index in [0.29, 0.717) is 18.1 Å². The SMILES string of the molecule is COC[C@H]1OC(C)(C)OC1C1CCC1.O=C(O)c1ccccc1. The van der Waals surface area contributed by atoms with Crippen molar-refractivity contribution >= 4 is 5.97 Å². The highest BCUT2D eigenvalue weighted by Gasteiger charge is 2.46. The lowest BCUT2D eigenvalue weighted by Crippen LogP contribution is -2.37. The van der Waals surface area contributed by atoms with Crippen LogP contribution in [0.4, 0.5) is 0 Å². The third-order valence-corrected chi connectivity index (χ3v) is 4.19. The summed E-state index contributed by atoms with van der Waals surface area (Å²) in [6.07, 6.45) is 4.28. The topological polar surface area (TPSA) is 65.0 Å². The fraction of sp³-hybridized carbons (Fsp3) is 0.611. The molecule has 1 saturated heterocycles. The van der Waals surface area contributed by atoms with Crippen molar-refractivity contribution in [3.63, 3.8) is 0 Å². The monoisotopic (exact) mass is 322 g/mol. The molecule has 0 bridgehead atoms. The van der Waals surface area contributed by atoms with Gasteiger partial charge in [-0.15, -0.1) is 0 Å². The van der Waals surface area contributed by atoms with Gasteiger partial charge in [-0.25, -0.2) is 4.79 Å². The number of carboxylic acids is 1. The molecule has 5 nitrogen and oxygen atoms in total. The number of benzene rings is 1. The molecule has 1 aliphatic heterocycles. The maximum Gasteiger partial charge on any atom is 0.335 e. The highest BCUT2D eigenvalue weighted by atomic mass is 16.8. The molecule has 23 heavy (non-hydrogen) atoms. The van der Waals surface area contributed by atoms with Crippen molar-refractivity contribution in [1.29, 1.82) is 0 Å². The van der Waals surface area contributed by atoms with Gasteiger partial charge in [0.15, 0.2) is 5.79 Å². The molecule has 1 saturated carbocycles. The molecule has 3 rings (SSSR count). The first kappa shape index (κ1) is 17.9. The van der Waals surface area contributed by atoms with Gasteiger partial charge in [-0.3, -0.25) is 0 Å². The van der Waals surface area contributed by atoms with Crippen molar-refractivity contribution in [3.8, 4) is 0 Å². The van der Waals surface area contributed by atoms with Crippen molar-refractivity contribution < 1.29 is 24.1 Å². The molecule has 2 fully saturated rings. The molecule has 1 aliphatic carbocycles. The second-order valence-electron chi connectivity index (χ2n) is 6.46.